The molecule has 0 heteroatoms. The van der Waals surface area contributed by atoms with Gasteiger partial charge in [0.2, 0.25) is 0 Å². The van der Waals surface area contributed by atoms with Crippen molar-refractivity contribution in [2.75, 3.05) is 0 Å². The highest BCUT2D eigenvalue weighted by atomic mass is 14.4. The maximum absolute atomic E-state index is 2.52. The van der Waals surface area contributed by atoms with Crippen molar-refractivity contribution in [2.45, 2.75) is 79.6 Å². The average Bonchev–Trinajstić information content (AvgIpc) is 2.29. The van der Waals surface area contributed by atoms with Crippen LogP contribution in [0.2, 0.25) is 0 Å². The number of unbranched alkanes of at least 4 members (excludes halogenated alkanes) is 1. The first-order valence-corrected chi connectivity index (χ1v) is 8.10. The minimum atomic E-state index is 0.945. The molecule has 1 saturated carbocycles. The van der Waals surface area contributed by atoms with Gasteiger partial charge < -0.3 is 0 Å². The van der Waals surface area contributed by atoms with Gasteiger partial charge in [-0.05, 0) is 48.9 Å². The van der Waals surface area contributed by atoms with Gasteiger partial charge in [0.1, 0.15) is 0 Å². The summed E-state index contributed by atoms with van der Waals surface area (Å²) < 4.78 is 0. The van der Waals surface area contributed by atoms with Gasteiger partial charge in [0.25, 0.3) is 0 Å². The topological polar surface area (TPSA) is 0 Å². The summed E-state index contributed by atoms with van der Waals surface area (Å²) in [5, 5.41) is 0. The predicted octanol–water partition coefficient (Wildman–Crippen LogP) is 5.91. The minimum absolute atomic E-state index is 0.945. The smallest absolute Gasteiger partial charge is 0.0363 e. The molecule has 0 aromatic carbocycles. The Morgan fingerprint density at radius 3 is 2.18 bits per heavy atom. The maximum Gasteiger partial charge on any atom is -0.0363 e. The van der Waals surface area contributed by atoms with E-state index < -0.39 is 0 Å². The molecule has 0 radical (unpaired) electrons. The number of hydrogen-bond donors (Lipinski definition) is 0. The summed E-state index contributed by atoms with van der Waals surface area (Å²) >= 11 is 0. The van der Waals surface area contributed by atoms with Gasteiger partial charge in [0.15, 0.2) is 0 Å². The van der Waals surface area contributed by atoms with Crippen LogP contribution >= 0.6 is 0 Å². The predicted molar refractivity (Wildman–Crippen MR) is 78.1 cm³/mol. The van der Waals surface area contributed by atoms with Gasteiger partial charge in [-0.2, -0.15) is 0 Å². The Morgan fingerprint density at radius 2 is 1.59 bits per heavy atom. The molecule has 0 aliphatic heterocycles. The molecular formula is C17H34. The second kappa shape index (κ2) is 7.44. The lowest BCUT2D eigenvalue weighted by atomic mass is 9.68. The van der Waals surface area contributed by atoms with Crippen molar-refractivity contribution >= 4 is 0 Å². The molecule has 1 rings (SSSR count). The Kier molecular flexibility index (Phi) is 6.59. The van der Waals surface area contributed by atoms with Gasteiger partial charge >= 0.3 is 0 Å². The van der Waals surface area contributed by atoms with Crippen molar-refractivity contribution in [3.63, 3.8) is 0 Å². The maximum atomic E-state index is 2.52. The van der Waals surface area contributed by atoms with Crippen LogP contribution < -0.4 is 0 Å². The summed E-state index contributed by atoms with van der Waals surface area (Å²) in [4.78, 5) is 0. The standard InChI is InChI=1S/C17H34/c1-6-8-9-17-13(3)10-11-16(7-2)14(4)12-15(17)5/h13-17H,6-12H2,1-5H3. The van der Waals surface area contributed by atoms with Crippen molar-refractivity contribution in [2.24, 2.45) is 29.6 Å². The Bertz CT molecular complexity index is 196. The zero-order valence-corrected chi connectivity index (χ0v) is 12.8. The second-order valence-corrected chi connectivity index (χ2v) is 6.72. The van der Waals surface area contributed by atoms with Crippen LogP contribution in [0.1, 0.15) is 79.6 Å². The summed E-state index contributed by atoms with van der Waals surface area (Å²) in [5.74, 6) is 4.84. The van der Waals surface area contributed by atoms with Crippen molar-refractivity contribution in [1.82, 2.24) is 0 Å². The van der Waals surface area contributed by atoms with E-state index in [-0.39, 0.29) is 0 Å². The Hall–Kier alpha value is 0. The van der Waals surface area contributed by atoms with Crippen molar-refractivity contribution in [3.05, 3.63) is 0 Å². The fourth-order valence-corrected chi connectivity index (χ4v) is 4.11. The molecule has 1 aliphatic carbocycles. The summed E-state index contributed by atoms with van der Waals surface area (Å²) in [6.07, 6.45) is 10.1. The van der Waals surface area contributed by atoms with E-state index in [0.29, 0.717) is 0 Å². The third-order valence-corrected chi connectivity index (χ3v) is 5.42. The van der Waals surface area contributed by atoms with E-state index in [1.54, 1.807) is 0 Å². The molecule has 0 aromatic rings. The molecule has 0 bridgehead atoms. The molecule has 5 atom stereocenters. The Labute approximate surface area is 110 Å². The summed E-state index contributed by atoms with van der Waals surface area (Å²) in [7, 11) is 0. The van der Waals surface area contributed by atoms with Crippen molar-refractivity contribution in [1.29, 1.82) is 0 Å². The normalized spacial score (nSPS) is 39.7. The molecule has 1 aliphatic rings. The van der Waals surface area contributed by atoms with E-state index in [2.05, 4.69) is 34.6 Å². The molecule has 0 aromatic heterocycles. The van der Waals surface area contributed by atoms with Gasteiger partial charge in [-0.15, -0.1) is 0 Å². The van der Waals surface area contributed by atoms with Gasteiger partial charge in [-0.25, -0.2) is 0 Å². The molecule has 0 heterocycles. The molecule has 17 heavy (non-hydrogen) atoms. The second-order valence-electron chi connectivity index (χ2n) is 6.72. The van der Waals surface area contributed by atoms with E-state index in [4.69, 9.17) is 0 Å². The van der Waals surface area contributed by atoms with Crippen LogP contribution in [0, 0.1) is 29.6 Å². The lowest BCUT2D eigenvalue weighted by Gasteiger charge is -2.37. The molecule has 0 saturated heterocycles. The van der Waals surface area contributed by atoms with Crippen LogP contribution in [0.25, 0.3) is 0 Å². The molecule has 102 valence electrons. The lowest BCUT2D eigenvalue weighted by molar-refractivity contribution is 0.131. The first kappa shape index (κ1) is 15.1. The van der Waals surface area contributed by atoms with Gasteiger partial charge in [0.05, 0.1) is 0 Å². The SMILES string of the molecule is CCCCC1C(C)CCC(CC)C(C)CC1C. The summed E-state index contributed by atoms with van der Waals surface area (Å²) in [5.41, 5.74) is 0. The zero-order valence-electron chi connectivity index (χ0n) is 12.8. The Morgan fingerprint density at radius 1 is 0.882 bits per heavy atom. The molecule has 0 N–H and O–H groups in total. The first-order valence-electron chi connectivity index (χ1n) is 8.10. The van der Waals surface area contributed by atoms with E-state index in [1.807, 2.05) is 0 Å². The van der Waals surface area contributed by atoms with Gasteiger partial charge in [0, 0.05) is 0 Å². The van der Waals surface area contributed by atoms with Crippen molar-refractivity contribution in [3.8, 4) is 0 Å². The molecule has 5 unspecified atom stereocenters. The number of rotatable bonds is 4. The molecular weight excluding hydrogens is 204 g/mol. The minimum Gasteiger partial charge on any atom is -0.0654 e. The highest BCUT2D eigenvalue weighted by molar-refractivity contribution is 4.80. The van der Waals surface area contributed by atoms with E-state index in [1.165, 1.54) is 44.9 Å². The molecule has 0 amide bonds. The van der Waals surface area contributed by atoms with E-state index in [9.17, 15) is 0 Å². The fourth-order valence-electron chi connectivity index (χ4n) is 4.11. The quantitative estimate of drug-likeness (QED) is 0.571. The Balaban J connectivity index is 2.61. The van der Waals surface area contributed by atoms with Gasteiger partial charge in [-0.3, -0.25) is 0 Å². The highest BCUT2D eigenvalue weighted by Crippen LogP contribution is 2.40. The molecule has 0 nitrogen and oxygen atoms in total. The third-order valence-electron chi connectivity index (χ3n) is 5.42. The van der Waals surface area contributed by atoms with Crippen molar-refractivity contribution < 1.29 is 0 Å². The largest absolute Gasteiger partial charge is 0.0654 e. The number of hydrogen-bond acceptors (Lipinski definition) is 0. The average molecular weight is 238 g/mol. The van der Waals surface area contributed by atoms with Crippen LogP contribution in [0.5, 0.6) is 0 Å². The molecule has 1 fully saturated rings. The van der Waals surface area contributed by atoms with Crippen LogP contribution in [0.3, 0.4) is 0 Å². The summed E-state index contributed by atoms with van der Waals surface area (Å²) in [6.45, 7) is 12.2. The van der Waals surface area contributed by atoms with Crippen LogP contribution in [0.4, 0.5) is 0 Å². The monoisotopic (exact) mass is 238 g/mol. The first-order chi connectivity index (χ1) is 8.10. The lowest BCUT2D eigenvalue weighted by Crippen LogP contribution is -2.27. The third kappa shape index (κ3) is 4.30. The van der Waals surface area contributed by atoms with E-state index >= 15 is 0 Å². The fraction of sp³-hybridized carbons (Fsp3) is 1.00. The summed E-state index contributed by atoms with van der Waals surface area (Å²) in [6, 6.07) is 0. The van der Waals surface area contributed by atoms with Crippen LogP contribution in [-0.2, 0) is 0 Å². The van der Waals surface area contributed by atoms with Crippen LogP contribution in [-0.4, -0.2) is 0 Å². The highest BCUT2D eigenvalue weighted by Gasteiger charge is 2.29. The van der Waals surface area contributed by atoms with E-state index in [0.717, 1.165) is 29.6 Å². The zero-order chi connectivity index (χ0) is 12.8. The van der Waals surface area contributed by atoms with Crippen LogP contribution in [0.15, 0.2) is 0 Å². The molecule has 0 spiro atoms. The van der Waals surface area contributed by atoms with Gasteiger partial charge in [-0.1, -0.05) is 60.3 Å².